The number of thioether (sulfide) groups is 1. The molecule has 0 aliphatic carbocycles. The van der Waals surface area contributed by atoms with E-state index >= 15 is 0 Å². The molecule has 0 saturated heterocycles. The van der Waals surface area contributed by atoms with Crippen LogP contribution in [0.3, 0.4) is 0 Å². The maximum absolute atomic E-state index is 2.30. The average molecular weight is 174 g/mol. The summed E-state index contributed by atoms with van der Waals surface area (Å²) < 4.78 is 0. The van der Waals surface area contributed by atoms with Gasteiger partial charge in [-0.1, -0.05) is 34.1 Å². The molecule has 0 aliphatic rings. The van der Waals surface area contributed by atoms with Crippen molar-refractivity contribution in [1.29, 1.82) is 0 Å². The summed E-state index contributed by atoms with van der Waals surface area (Å²) in [5.41, 5.74) is 0. The summed E-state index contributed by atoms with van der Waals surface area (Å²) in [7, 11) is 0. The molecule has 1 atom stereocenters. The monoisotopic (exact) mass is 174 g/mol. The first-order chi connectivity index (χ1) is 5.20. The third-order valence-corrected chi connectivity index (χ3v) is 3.63. The van der Waals surface area contributed by atoms with Crippen molar-refractivity contribution >= 4 is 11.8 Å². The minimum atomic E-state index is 0.853. The fraction of sp³-hybridized carbons (Fsp3) is 1.00. The van der Waals surface area contributed by atoms with Gasteiger partial charge >= 0.3 is 0 Å². The van der Waals surface area contributed by atoms with Crippen molar-refractivity contribution in [2.75, 3.05) is 5.75 Å². The van der Waals surface area contributed by atoms with Crippen LogP contribution in [0.15, 0.2) is 0 Å². The van der Waals surface area contributed by atoms with E-state index in [9.17, 15) is 0 Å². The van der Waals surface area contributed by atoms with E-state index in [1.54, 1.807) is 0 Å². The van der Waals surface area contributed by atoms with Gasteiger partial charge in [-0.05, 0) is 24.5 Å². The first kappa shape index (κ1) is 11.4. The molecule has 11 heavy (non-hydrogen) atoms. The quantitative estimate of drug-likeness (QED) is 0.587. The lowest BCUT2D eigenvalue weighted by Gasteiger charge is -2.14. The van der Waals surface area contributed by atoms with Gasteiger partial charge in [0.25, 0.3) is 0 Å². The standard InChI is InChI=1S/C10H22S/c1-5-7-10(6-2)11-8-9(3)4/h9-10H,5-8H2,1-4H3. The first-order valence-corrected chi connectivity index (χ1v) is 5.87. The van der Waals surface area contributed by atoms with Crippen LogP contribution in [-0.4, -0.2) is 11.0 Å². The van der Waals surface area contributed by atoms with E-state index in [0.29, 0.717) is 0 Å². The minimum absolute atomic E-state index is 0.853. The largest absolute Gasteiger partial charge is 0.158 e. The normalized spacial score (nSPS) is 13.9. The summed E-state index contributed by atoms with van der Waals surface area (Å²) in [4.78, 5) is 0. The predicted molar refractivity (Wildman–Crippen MR) is 56.3 cm³/mol. The number of rotatable bonds is 6. The van der Waals surface area contributed by atoms with Gasteiger partial charge in [-0.15, -0.1) is 0 Å². The Morgan fingerprint density at radius 1 is 1.18 bits per heavy atom. The van der Waals surface area contributed by atoms with Crippen LogP contribution >= 0.6 is 11.8 Å². The zero-order valence-electron chi connectivity index (χ0n) is 8.39. The summed E-state index contributed by atoms with van der Waals surface area (Å²) >= 11 is 2.15. The highest BCUT2D eigenvalue weighted by molar-refractivity contribution is 7.99. The van der Waals surface area contributed by atoms with Crippen LogP contribution in [0.5, 0.6) is 0 Å². The Morgan fingerprint density at radius 2 is 1.82 bits per heavy atom. The molecule has 0 amide bonds. The number of hydrogen-bond acceptors (Lipinski definition) is 1. The molecule has 0 saturated carbocycles. The van der Waals surface area contributed by atoms with Gasteiger partial charge in [-0.3, -0.25) is 0 Å². The molecule has 0 aromatic rings. The van der Waals surface area contributed by atoms with Gasteiger partial charge in [0, 0.05) is 5.25 Å². The van der Waals surface area contributed by atoms with E-state index in [-0.39, 0.29) is 0 Å². The van der Waals surface area contributed by atoms with Gasteiger partial charge in [-0.2, -0.15) is 11.8 Å². The highest BCUT2D eigenvalue weighted by atomic mass is 32.2. The van der Waals surface area contributed by atoms with Crippen molar-refractivity contribution < 1.29 is 0 Å². The predicted octanol–water partition coefficient (Wildman–Crippen LogP) is 3.95. The Labute approximate surface area is 76.1 Å². The third-order valence-electron chi connectivity index (χ3n) is 1.73. The molecule has 1 heteroatoms. The van der Waals surface area contributed by atoms with Crippen LogP contribution in [-0.2, 0) is 0 Å². The minimum Gasteiger partial charge on any atom is -0.158 e. The Bertz CT molecular complexity index is 78.9. The van der Waals surface area contributed by atoms with Crippen molar-refractivity contribution in [1.82, 2.24) is 0 Å². The topological polar surface area (TPSA) is 0 Å². The fourth-order valence-electron chi connectivity index (χ4n) is 1.06. The molecular weight excluding hydrogens is 152 g/mol. The van der Waals surface area contributed by atoms with Crippen LogP contribution in [0.4, 0.5) is 0 Å². The zero-order valence-corrected chi connectivity index (χ0v) is 9.21. The molecule has 0 spiro atoms. The average Bonchev–Trinajstić information content (AvgIpc) is 1.97. The first-order valence-electron chi connectivity index (χ1n) is 4.82. The molecule has 0 aromatic heterocycles. The lowest BCUT2D eigenvalue weighted by Crippen LogP contribution is -2.03. The Hall–Kier alpha value is 0.350. The van der Waals surface area contributed by atoms with Crippen LogP contribution < -0.4 is 0 Å². The van der Waals surface area contributed by atoms with Gasteiger partial charge in [0.05, 0.1) is 0 Å². The molecule has 0 fully saturated rings. The van der Waals surface area contributed by atoms with Gasteiger partial charge in [-0.25, -0.2) is 0 Å². The van der Waals surface area contributed by atoms with Crippen LogP contribution in [0.2, 0.25) is 0 Å². The van der Waals surface area contributed by atoms with Gasteiger partial charge in [0.2, 0.25) is 0 Å². The molecule has 0 N–H and O–H groups in total. The molecule has 0 rings (SSSR count). The second kappa shape index (κ2) is 7.02. The smallest absolute Gasteiger partial charge is 0.00444 e. The lowest BCUT2D eigenvalue weighted by molar-refractivity contribution is 0.704. The van der Waals surface area contributed by atoms with Crippen molar-refractivity contribution in [3.63, 3.8) is 0 Å². The van der Waals surface area contributed by atoms with E-state index in [1.807, 2.05) is 0 Å². The second-order valence-corrected chi connectivity index (χ2v) is 4.88. The Balaban J connectivity index is 3.35. The summed E-state index contributed by atoms with van der Waals surface area (Å²) in [6.07, 6.45) is 4.07. The molecule has 0 heterocycles. The highest BCUT2D eigenvalue weighted by Gasteiger charge is 2.05. The Morgan fingerprint density at radius 3 is 2.18 bits per heavy atom. The summed E-state index contributed by atoms with van der Waals surface area (Å²) in [6.45, 7) is 9.17. The van der Waals surface area contributed by atoms with E-state index in [4.69, 9.17) is 0 Å². The Kier molecular flexibility index (Phi) is 7.25. The third kappa shape index (κ3) is 6.74. The van der Waals surface area contributed by atoms with Gasteiger partial charge in [0.1, 0.15) is 0 Å². The van der Waals surface area contributed by atoms with Crippen molar-refractivity contribution in [2.45, 2.75) is 52.2 Å². The molecule has 0 nitrogen and oxygen atoms in total. The van der Waals surface area contributed by atoms with E-state index in [1.165, 1.54) is 25.0 Å². The maximum atomic E-state index is 2.30. The van der Waals surface area contributed by atoms with E-state index in [2.05, 4.69) is 39.5 Å². The van der Waals surface area contributed by atoms with Crippen molar-refractivity contribution in [3.05, 3.63) is 0 Å². The van der Waals surface area contributed by atoms with Gasteiger partial charge < -0.3 is 0 Å². The molecule has 68 valence electrons. The van der Waals surface area contributed by atoms with Crippen LogP contribution in [0.25, 0.3) is 0 Å². The SMILES string of the molecule is CCCC(CC)SCC(C)C. The molecule has 1 unspecified atom stereocenters. The number of hydrogen-bond donors (Lipinski definition) is 0. The van der Waals surface area contributed by atoms with Crippen molar-refractivity contribution in [2.24, 2.45) is 5.92 Å². The van der Waals surface area contributed by atoms with E-state index in [0.717, 1.165) is 11.2 Å². The summed E-state index contributed by atoms with van der Waals surface area (Å²) in [6, 6.07) is 0. The van der Waals surface area contributed by atoms with Crippen LogP contribution in [0.1, 0.15) is 47.0 Å². The molecule has 0 bridgehead atoms. The second-order valence-electron chi connectivity index (χ2n) is 3.55. The zero-order chi connectivity index (χ0) is 8.69. The molecule has 0 aliphatic heterocycles. The summed E-state index contributed by atoms with van der Waals surface area (Å²) in [5, 5.41) is 0.919. The maximum Gasteiger partial charge on any atom is 0.00444 e. The van der Waals surface area contributed by atoms with Crippen molar-refractivity contribution in [3.8, 4) is 0 Å². The van der Waals surface area contributed by atoms with Crippen LogP contribution in [0, 0.1) is 5.92 Å². The van der Waals surface area contributed by atoms with Gasteiger partial charge in [0.15, 0.2) is 0 Å². The lowest BCUT2D eigenvalue weighted by atomic mass is 10.2. The fourth-order valence-corrected chi connectivity index (χ4v) is 2.35. The highest BCUT2D eigenvalue weighted by Crippen LogP contribution is 2.21. The molecule has 0 aromatic carbocycles. The van der Waals surface area contributed by atoms with E-state index < -0.39 is 0 Å². The molecule has 0 radical (unpaired) electrons. The summed E-state index contributed by atoms with van der Waals surface area (Å²) in [5.74, 6) is 2.18. The molecular formula is C10H22S.